The van der Waals surface area contributed by atoms with Crippen LogP contribution in [-0.2, 0) is 19.6 Å². The first-order valence-corrected chi connectivity index (χ1v) is 10.9. The van der Waals surface area contributed by atoms with Crippen LogP contribution in [0.25, 0.3) is 0 Å². The maximum atomic E-state index is 11.3. The van der Waals surface area contributed by atoms with Crippen molar-refractivity contribution in [2.75, 3.05) is 19.7 Å². The number of hydrogen-bond acceptors (Lipinski definition) is 7. The molecule has 0 aromatic heterocycles. The number of aromatic carboxylic acids is 1. The van der Waals surface area contributed by atoms with Gasteiger partial charge in [0.1, 0.15) is 36.6 Å². The summed E-state index contributed by atoms with van der Waals surface area (Å²) in [5.74, 6) is 0.146. The Labute approximate surface area is 198 Å². The van der Waals surface area contributed by atoms with Crippen molar-refractivity contribution in [2.24, 2.45) is 0 Å². The fourth-order valence-corrected chi connectivity index (χ4v) is 3.30. The molecule has 3 aromatic carbocycles. The van der Waals surface area contributed by atoms with Crippen LogP contribution in [-0.4, -0.2) is 52.2 Å². The number of rotatable bonds is 13. The van der Waals surface area contributed by atoms with Gasteiger partial charge < -0.3 is 35.2 Å². The lowest BCUT2D eigenvalue weighted by atomic mass is 10.1. The van der Waals surface area contributed by atoms with Crippen molar-refractivity contribution >= 4 is 5.97 Å². The molecule has 0 aliphatic heterocycles. The van der Waals surface area contributed by atoms with Gasteiger partial charge in [-0.05, 0) is 54.9 Å². The van der Waals surface area contributed by atoms with E-state index in [1.807, 2.05) is 24.3 Å². The third-order valence-corrected chi connectivity index (χ3v) is 5.20. The summed E-state index contributed by atoms with van der Waals surface area (Å²) in [6.07, 6.45) is 0.0453. The van der Waals surface area contributed by atoms with Crippen LogP contribution in [0.1, 0.15) is 27.0 Å². The summed E-state index contributed by atoms with van der Waals surface area (Å²) in [4.78, 5) is 11.3. The van der Waals surface area contributed by atoms with Gasteiger partial charge >= 0.3 is 5.97 Å². The Morgan fingerprint density at radius 3 is 2.41 bits per heavy atom. The van der Waals surface area contributed by atoms with E-state index in [1.54, 1.807) is 30.3 Å². The molecule has 8 heteroatoms. The molecule has 0 radical (unpaired) electrons. The molecule has 8 nitrogen and oxygen atoms in total. The smallest absolute Gasteiger partial charge is 0.336 e. The van der Waals surface area contributed by atoms with Crippen molar-refractivity contribution in [1.82, 2.24) is 5.32 Å². The number of aliphatic hydroxyl groups excluding tert-OH is 2. The van der Waals surface area contributed by atoms with E-state index in [2.05, 4.69) is 5.32 Å². The molecule has 0 heterocycles. The monoisotopic (exact) mass is 467 g/mol. The Morgan fingerprint density at radius 2 is 1.68 bits per heavy atom. The highest BCUT2D eigenvalue weighted by atomic mass is 16.5. The van der Waals surface area contributed by atoms with Gasteiger partial charge in [0.15, 0.2) is 0 Å². The van der Waals surface area contributed by atoms with Gasteiger partial charge in [0.2, 0.25) is 0 Å². The second-order valence-corrected chi connectivity index (χ2v) is 7.76. The highest BCUT2D eigenvalue weighted by molar-refractivity contribution is 5.89. The number of nitrogens with one attached hydrogen (secondary N) is 1. The molecule has 34 heavy (non-hydrogen) atoms. The maximum absolute atomic E-state index is 11.3. The normalized spacial score (nSPS) is 11.7. The molecule has 0 amide bonds. The number of carboxylic acids is 1. The Morgan fingerprint density at radius 1 is 0.941 bits per heavy atom. The van der Waals surface area contributed by atoms with Crippen molar-refractivity contribution in [1.29, 1.82) is 0 Å². The van der Waals surface area contributed by atoms with E-state index in [9.17, 15) is 25.2 Å². The molecule has 0 saturated heterocycles. The SMILES string of the molecule is O=C(O)c1ccccc1COc1ccc(CCNC[C@H](O)COc2ccc(O)c(CO)c2)cc1. The number of carboxylic acid groups (broad SMARTS) is 1. The first-order chi connectivity index (χ1) is 16.5. The van der Waals surface area contributed by atoms with Crippen LogP contribution in [0.15, 0.2) is 66.7 Å². The number of hydrogen-bond donors (Lipinski definition) is 5. The Hall–Kier alpha value is -3.59. The average molecular weight is 468 g/mol. The maximum Gasteiger partial charge on any atom is 0.336 e. The largest absolute Gasteiger partial charge is 0.508 e. The first kappa shape index (κ1) is 25.0. The second kappa shape index (κ2) is 12.6. The minimum Gasteiger partial charge on any atom is -0.508 e. The lowest BCUT2D eigenvalue weighted by Crippen LogP contribution is -2.32. The van der Waals surface area contributed by atoms with Crippen molar-refractivity contribution < 1.29 is 34.7 Å². The van der Waals surface area contributed by atoms with Gasteiger partial charge in [0.05, 0.1) is 12.2 Å². The number of ether oxygens (including phenoxy) is 2. The molecule has 3 aromatic rings. The predicted molar refractivity (Wildman–Crippen MR) is 126 cm³/mol. The molecule has 0 spiro atoms. The van der Waals surface area contributed by atoms with Crippen LogP contribution in [0, 0.1) is 0 Å². The third-order valence-electron chi connectivity index (χ3n) is 5.20. The highest BCUT2D eigenvalue weighted by Gasteiger charge is 2.10. The molecule has 0 saturated carbocycles. The molecule has 3 rings (SSSR count). The van der Waals surface area contributed by atoms with E-state index < -0.39 is 12.1 Å². The third kappa shape index (κ3) is 7.48. The van der Waals surface area contributed by atoms with E-state index in [-0.39, 0.29) is 31.1 Å². The van der Waals surface area contributed by atoms with Crippen LogP contribution < -0.4 is 14.8 Å². The topological polar surface area (TPSA) is 128 Å². The summed E-state index contributed by atoms with van der Waals surface area (Å²) in [6, 6.07) is 18.9. The number of aliphatic hydroxyl groups is 2. The van der Waals surface area contributed by atoms with Crippen LogP contribution in [0.5, 0.6) is 17.2 Å². The number of phenols is 1. The first-order valence-electron chi connectivity index (χ1n) is 10.9. The molecule has 5 N–H and O–H groups in total. The minimum atomic E-state index is -0.977. The highest BCUT2D eigenvalue weighted by Crippen LogP contribution is 2.23. The van der Waals surface area contributed by atoms with E-state index in [0.717, 1.165) is 12.0 Å². The van der Waals surface area contributed by atoms with Gasteiger partial charge in [0, 0.05) is 17.7 Å². The molecule has 0 bridgehead atoms. The molecular formula is C26H29NO7. The fraction of sp³-hybridized carbons (Fsp3) is 0.269. The zero-order chi connectivity index (χ0) is 24.3. The van der Waals surface area contributed by atoms with Crippen LogP contribution in [0.4, 0.5) is 0 Å². The van der Waals surface area contributed by atoms with E-state index in [1.165, 1.54) is 12.1 Å². The zero-order valence-electron chi connectivity index (χ0n) is 18.7. The lowest BCUT2D eigenvalue weighted by molar-refractivity contribution is 0.0694. The molecule has 0 aliphatic carbocycles. The quantitative estimate of drug-likeness (QED) is 0.243. The minimum absolute atomic E-state index is 0.000165. The molecule has 1 atom stereocenters. The molecule has 0 aliphatic rings. The zero-order valence-corrected chi connectivity index (χ0v) is 18.7. The lowest BCUT2D eigenvalue weighted by Gasteiger charge is -2.14. The Bertz CT molecular complexity index is 1070. The van der Waals surface area contributed by atoms with Crippen molar-refractivity contribution in [3.05, 3.63) is 89.0 Å². The summed E-state index contributed by atoms with van der Waals surface area (Å²) in [5, 5.41) is 41.3. The van der Waals surface area contributed by atoms with Crippen molar-refractivity contribution in [2.45, 2.75) is 25.7 Å². The molecular weight excluding hydrogens is 438 g/mol. The van der Waals surface area contributed by atoms with E-state index in [4.69, 9.17) is 9.47 Å². The molecule has 0 unspecified atom stereocenters. The van der Waals surface area contributed by atoms with Gasteiger partial charge in [0.25, 0.3) is 0 Å². The van der Waals surface area contributed by atoms with Crippen LogP contribution in [0.2, 0.25) is 0 Å². The summed E-state index contributed by atoms with van der Waals surface area (Å²) < 4.78 is 11.2. The van der Waals surface area contributed by atoms with Gasteiger partial charge in [-0.2, -0.15) is 0 Å². The van der Waals surface area contributed by atoms with Crippen LogP contribution >= 0.6 is 0 Å². The predicted octanol–water partition coefficient (Wildman–Crippen LogP) is 2.73. The van der Waals surface area contributed by atoms with E-state index >= 15 is 0 Å². The molecule has 180 valence electrons. The number of benzene rings is 3. The van der Waals surface area contributed by atoms with Gasteiger partial charge in [-0.15, -0.1) is 0 Å². The molecule has 0 fully saturated rings. The Balaban J connectivity index is 1.36. The van der Waals surface area contributed by atoms with Gasteiger partial charge in [-0.25, -0.2) is 4.79 Å². The number of aromatic hydroxyl groups is 1. The van der Waals surface area contributed by atoms with Crippen LogP contribution in [0.3, 0.4) is 0 Å². The Kier molecular flexibility index (Phi) is 9.28. The average Bonchev–Trinajstić information content (AvgIpc) is 2.85. The number of carbonyl (C=O) groups is 1. The van der Waals surface area contributed by atoms with Crippen molar-refractivity contribution in [3.63, 3.8) is 0 Å². The van der Waals surface area contributed by atoms with E-state index in [0.29, 0.717) is 35.7 Å². The summed E-state index contributed by atoms with van der Waals surface area (Å²) in [5.41, 5.74) is 2.31. The standard InChI is InChI=1S/C26H29NO7/c28-15-20-13-23(9-10-25(20)30)34-17-21(29)14-27-12-11-18-5-7-22(8-6-18)33-16-19-3-1-2-4-24(19)26(31)32/h1-10,13,21,27-30H,11-12,14-17H2,(H,31,32)/t21-/m0/s1. The summed E-state index contributed by atoms with van der Waals surface area (Å²) in [7, 11) is 0. The van der Waals surface area contributed by atoms with Crippen molar-refractivity contribution in [3.8, 4) is 17.2 Å². The fourth-order valence-electron chi connectivity index (χ4n) is 3.30. The second-order valence-electron chi connectivity index (χ2n) is 7.76. The summed E-state index contributed by atoms with van der Waals surface area (Å²) >= 11 is 0. The van der Waals surface area contributed by atoms with Gasteiger partial charge in [-0.1, -0.05) is 30.3 Å². The van der Waals surface area contributed by atoms with Gasteiger partial charge in [-0.3, -0.25) is 0 Å². The summed E-state index contributed by atoms with van der Waals surface area (Å²) in [6.45, 7) is 0.986.